The standard InChI is InChI=1S/C18H27NO3/c1-2-3-8-17(20)15-6-4-5-7-16(15)18(21)22-14-11-9-13(19)10-12-14/h4-7,13-14,17,20H,2-3,8-12,19H2,1H3. The lowest BCUT2D eigenvalue weighted by Gasteiger charge is -2.26. The zero-order valence-corrected chi connectivity index (χ0v) is 13.3. The molecule has 0 saturated heterocycles. The van der Waals surface area contributed by atoms with Gasteiger partial charge < -0.3 is 15.6 Å². The predicted molar refractivity (Wildman–Crippen MR) is 86.6 cm³/mol. The minimum atomic E-state index is -0.608. The monoisotopic (exact) mass is 305 g/mol. The fourth-order valence-corrected chi connectivity index (χ4v) is 2.95. The molecule has 1 aliphatic rings. The highest BCUT2D eigenvalue weighted by atomic mass is 16.5. The van der Waals surface area contributed by atoms with E-state index in [0.717, 1.165) is 38.5 Å². The molecule has 22 heavy (non-hydrogen) atoms. The Morgan fingerprint density at radius 2 is 2.00 bits per heavy atom. The number of rotatable bonds is 6. The minimum Gasteiger partial charge on any atom is -0.459 e. The van der Waals surface area contributed by atoms with Gasteiger partial charge in [-0.1, -0.05) is 38.0 Å². The third-order valence-electron chi connectivity index (χ3n) is 4.36. The number of benzene rings is 1. The second-order valence-corrected chi connectivity index (χ2v) is 6.19. The van der Waals surface area contributed by atoms with E-state index in [-0.39, 0.29) is 18.1 Å². The molecule has 1 aromatic carbocycles. The van der Waals surface area contributed by atoms with Crippen molar-refractivity contribution in [2.45, 2.75) is 70.1 Å². The zero-order chi connectivity index (χ0) is 15.9. The Morgan fingerprint density at radius 1 is 1.32 bits per heavy atom. The summed E-state index contributed by atoms with van der Waals surface area (Å²) in [7, 11) is 0. The number of aliphatic hydroxyl groups is 1. The van der Waals surface area contributed by atoms with Crippen LogP contribution in [0.3, 0.4) is 0 Å². The lowest BCUT2D eigenvalue weighted by molar-refractivity contribution is 0.0191. The van der Waals surface area contributed by atoms with Gasteiger partial charge >= 0.3 is 5.97 Å². The summed E-state index contributed by atoms with van der Waals surface area (Å²) >= 11 is 0. The van der Waals surface area contributed by atoms with Crippen LogP contribution in [0.15, 0.2) is 24.3 Å². The number of aliphatic hydroxyl groups excluding tert-OH is 1. The summed E-state index contributed by atoms with van der Waals surface area (Å²) in [4.78, 5) is 12.4. The van der Waals surface area contributed by atoms with Crippen molar-refractivity contribution in [3.8, 4) is 0 Å². The smallest absolute Gasteiger partial charge is 0.338 e. The maximum absolute atomic E-state index is 12.4. The van der Waals surface area contributed by atoms with E-state index in [2.05, 4.69) is 6.92 Å². The molecule has 122 valence electrons. The molecule has 0 heterocycles. The largest absolute Gasteiger partial charge is 0.459 e. The molecule has 3 N–H and O–H groups in total. The van der Waals surface area contributed by atoms with Crippen molar-refractivity contribution in [2.24, 2.45) is 5.73 Å². The molecule has 1 aliphatic carbocycles. The van der Waals surface area contributed by atoms with E-state index in [1.54, 1.807) is 6.07 Å². The van der Waals surface area contributed by atoms with Gasteiger partial charge in [0, 0.05) is 6.04 Å². The van der Waals surface area contributed by atoms with Crippen molar-refractivity contribution in [2.75, 3.05) is 0 Å². The van der Waals surface area contributed by atoms with Crippen LogP contribution in [0.25, 0.3) is 0 Å². The van der Waals surface area contributed by atoms with E-state index in [4.69, 9.17) is 10.5 Å². The maximum atomic E-state index is 12.4. The van der Waals surface area contributed by atoms with Crippen LogP contribution in [0.5, 0.6) is 0 Å². The highest BCUT2D eigenvalue weighted by molar-refractivity contribution is 5.91. The van der Waals surface area contributed by atoms with Crippen molar-refractivity contribution < 1.29 is 14.6 Å². The molecule has 4 nitrogen and oxygen atoms in total. The van der Waals surface area contributed by atoms with Gasteiger partial charge in [0.25, 0.3) is 0 Å². The average Bonchev–Trinajstić information content (AvgIpc) is 2.54. The summed E-state index contributed by atoms with van der Waals surface area (Å²) < 4.78 is 5.62. The molecule has 1 aromatic rings. The molecule has 0 aliphatic heterocycles. The van der Waals surface area contributed by atoms with Crippen LogP contribution in [-0.2, 0) is 4.74 Å². The second-order valence-electron chi connectivity index (χ2n) is 6.19. The lowest BCUT2D eigenvalue weighted by atomic mass is 9.93. The molecule has 0 aromatic heterocycles. The first-order valence-electron chi connectivity index (χ1n) is 8.35. The Bertz CT molecular complexity index is 481. The SMILES string of the molecule is CCCCC(O)c1ccccc1C(=O)OC1CCC(N)CC1. The Labute approximate surface area is 132 Å². The topological polar surface area (TPSA) is 72.5 Å². The first-order chi connectivity index (χ1) is 10.6. The number of hydrogen-bond acceptors (Lipinski definition) is 4. The highest BCUT2D eigenvalue weighted by Crippen LogP contribution is 2.26. The number of nitrogens with two attached hydrogens (primary N) is 1. The number of esters is 1. The number of carbonyl (C=O) groups is 1. The number of carbonyl (C=O) groups excluding carboxylic acids is 1. The fourth-order valence-electron chi connectivity index (χ4n) is 2.95. The van der Waals surface area contributed by atoms with Crippen molar-refractivity contribution in [3.63, 3.8) is 0 Å². The van der Waals surface area contributed by atoms with Crippen LogP contribution in [0.1, 0.15) is 73.9 Å². The van der Waals surface area contributed by atoms with Gasteiger partial charge in [-0.15, -0.1) is 0 Å². The van der Waals surface area contributed by atoms with Gasteiger partial charge in [0.2, 0.25) is 0 Å². The van der Waals surface area contributed by atoms with Gasteiger partial charge in [0.05, 0.1) is 11.7 Å². The summed E-state index contributed by atoms with van der Waals surface area (Å²) in [6.45, 7) is 2.08. The number of hydrogen-bond donors (Lipinski definition) is 2. The van der Waals surface area contributed by atoms with Gasteiger partial charge in [-0.05, 0) is 43.7 Å². The summed E-state index contributed by atoms with van der Waals surface area (Å²) in [6.07, 6.45) is 5.42. The molecule has 0 amide bonds. The van der Waals surface area contributed by atoms with E-state index in [1.165, 1.54) is 0 Å². The van der Waals surface area contributed by atoms with E-state index in [1.807, 2.05) is 18.2 Å². The zero-order valence-electron chi connectivity index (χ0n) is 13.3. The number of unbranched alkanes of at least 4 members (excludes halogenated alkanes) is 1. The lowest BCUT2D eigenvalue weighted by Crippen LogP contribution is -2.31. The van der Waals surface area contributed by atoms with E-state index in [0.29, 0.717) is 17.5 Å². The predicted octanol–water partition coefficient (Wildman–Crippen LogP) is 3.34. The van der Waals surface area contributed by atoms with Crippen molar-refractivity contribution >= 4 is 5.97 Å². The Balaban J connectivity index is 2.02. The quantitative estimate of drug-likeness (QED) is 0.791. The second kappa shape index (κ2) is 8.30. The first kappa shape index (κ1) is 17.0. The summed E-state index contributed by atoms with van der Waals surface area (Å²) in [6, 6.07) is 7.44. The molecule has 4 heteroatoms. The Hall–Kier alpha value is -1.39. The molecule has 0 spiro atoms. The third kappa shape index (κ3) is 4.55. The van der Waals surface area contributed by atoms with Gasteiger partial charge in [-0.3, -0.25) is 0 Å². The normalized spacial score (nSPS) is 23.0. The first-order valence-corrected chi connectivity index (χ1v) is 8.35. The molecule has 0 radical (unpaired) electrons. The number of ether oxygens (including phenoxy) is 1. The van der Waals surface area contributed by atoms with E-state index >= 15 is 0 Å². The van der Waals surface area contributed by atoms with Gasteiger partial charge in [0.1, 0.15) is 6.10 Å². The van der Waals surface area contributed by atoms with Crippen molar-refractivity contribution in [1.82, 2.24) is 0 Å². The Kier molecular flexibility index (Phi) is 6.40. The Morgan fingerprint density at radius 3 is 2.68 bits per heavy atom. The molecule has 0 bridgehead atoms. The molecule has 1 saturated carbocycles. The molecular weight excluding hydrogens is 278 g/mol. The van der Waals surface area contributed by atoms with Crippen LogP contribution in [0.2, 0.25) is 0 Å². The average molecular weight is 305 g/mol. The molecular formula is C18H27NO3. The molecule has 1 atom stereocenters. The maximum Gasteiger partial charge on any atom is 0.338 e. The fraction of sp³-hybridized carbons (Fsp3) is 0.611. The van der Waals surface area contributed by atoms with Crippen LogP contribution in [0.4, 0.5) is 0 Å². The summed E-state index contributed by atoms with van der Waals surface area (Å²) in [5.41, 5.74) is 7.04. The molecule has 2 rings (SSSR count). The molecule has 1 unspecified atom stereocenters. The van der Waals surface area contributed by atoms with Crippen LogP contribution < -0.4 is 5.73 Å². The van der Waals surface area contributed by atoms with E-state index < -0.39 is 6.10 Å². The van der Waals surface area contributed by atoms with E-state index in [9.17, 15) is 9.90 Å². The van der Waals surface area contributed by atoms with Crippen LogP contribution in [-0.4, -0.2) is 23.2 Å². The summed E-state index contributed by atoms with van der Waals surface area (Å²) in [5, 5.41) is 10.3. The van der Waals surface area contributed by atoms with Gasteiger partial charge in [0.15, 0.2) is 0 Å². The van der Waals surface area contributed by atoms with Gasteiger partial charge in [-0.25, -0.2) is 4.79 Å². The van der Waals surface area contributed by atoms with Crippen molar-refractivity contribution in [1.29, 1.82) is 0 Å². The van der Waals surface area contributed by atoms with Gasteiger partial charge in [-0.2, -0.15) is 0 Å². The minimum absolute atomic E-state index is 0.0480. The third-order valence-corrected chi connectivity index (χ3v) is 4.36. The highest BCUT2D eigenvalue weighted by Gasteiger charge is 2.24. The summed E-state index contributed by atoms with van der Waals surface area (Å²) in [5.74, 6) is -0.327. The van der Waals surface area contributed by atoms with Crippen LogP contribution in [0, 0.1) is 0 Å². The van der Waals surface area contributed by atoms with Crippen LogP contribution >= 0.6 is 0 Å². The van der Waals surface area contributed by atoms with Crippen molar-refractivity contribution in [3.05, 3.63) is 35.4 Å². The molecule has 1 fully saturated rings.